The Morgan fingerprint density at radius 2 is 2.25 bits per heavy atom. The number of nitro benzene ring substituents is 1. The van der Waals surface area contributed by atoms with Gasteiger partial charge in [0.1, 0.15) is 5.82 Å². The monoisotopic (exact) mass is 287 g/mol. The highest BCUT2D eigenvalue weighted by atomic mass is 79.9. The lowest BCUT2D eigenvalue weighted by Crippen LogP contribution is -2.06. The fourth-order valence-electron chi connectivity index (χ4n) is 1.65. The minimum Gasteiger partial charge on any atom is -0.258 e. The zero-order chi connectivity index (χ0) is 11.7. The number of hydrogen-bond donors (Lipinski definition) is 0. The summed E-state index contributed by atoms with van der Waals surface area (Å²) in [6, 6.07) is 3.84. The summed E-state index contributed by atoms with van der Waals surface area (Å²) in [4.78, 5) is 10.1. The molecule has 3 nitrogen and oxygen atoms in total. The summed E-state index contributed by atoms with van der Waals surface area (Å²) in [7, 11) is 0. The topological polar surface area (TPSA) is 43.1 Å². The van der Waals surface area contributed by atoms with Crippen LogP contribution in [-0.4, -0.2) is 9.75 Å². The predicted molar refractivity (Wildman–Crippen MR) is 62.2 cm³/mol. The second-order valence-corrected chi connectivity index (χ2v) is 5.27. The summed E-state index contributed by atoms with van der Waals surface area (Å²) < 4.78 is 13.5. The zero-order valence-corrected chi connectivity index (χ0v) is 10.1. The molecule has 0 bridgehead atoms. The smallest absolute Gasteiger partial charge is 0.258 e. The van der Waals surface area contributed by atoms with Crippen LogP contribution in [0.25, 0.3) is 0 Å². The van der Waals surface area contributed by atoms with Crippen LogP contribution >= 0.6 is 15.9 Å². The number of rotatable bonds is 4. The number of alkyl halides is 1. The summed E-state index contributed by atoms with van der Waals surface area (Å²) in [6.07, 6.45) is 2.96. The maximum Gasteiger partial charge on any atom is 0.272 e. The lowest BCUT2D eigenvalue weighted by molar-refractivity contribution is -0.385. The number of hydrogen-bond acceptors (Lipinski definition) is 2. The molecule has 0 heterocycles. The standard InChI is InChI=1S/C11H11BrFNO2/c12-10(7-1-2-7)5-8-3-4-9(14(15)16)6-11(8)13/h3-4,6-7,10H,1-2,5H2. The summed E-state index contributed by atoms with van der Waals surface area (Å²) in [6.45, 7) is 0. The molecular weight excluding hydrogens is 277 g/mol. The average molecular weight is 288 g/mol. The van der Waals surface area contributed by atoms with E-state index in [2.05, 4.69) is 15.9 Å². The number of nitro groups is 1. The van der Waals surface area contributed by atoms with Gasteiger partial charge in [0, 0.05) is 10.9 Å². The van der Waals surface area contributed by atoms with Crippen LogP contribution in [0.5, 0.6) is 0 Å². The first-order valence-corrected chi connectivity index (χ1v) is 6.06. The van der Waals surface area contributed by atoms with Gasteiger partial charge in [-0.1, -0.05) is 15.9 Å². The molecule has 86 valence electrons. The lowest BCUT2D eigenvalue weighted by Gasteiger charge is -2.08. The van der Waals surface area contributed by atoms with Gasteiger partial charge in [0.25, 0.3) is 5.69 Å². The fraction of sp³-hybridized carbons (Fsp3) is 0.455. The van der Waals surface area contributed by atoms with E-state index in [0.717, 1.165) is 6.07 Å². The predicted octanol–water partition coefficient (Wildman–Crippen LogP) is 3.45. The van der Waals surface area contributed by atoms with Crippen molar-refractivity contribution in [1.82, 2.24) is 0 Å². The highest BCUT2D eigenvalue weighted by Crippen LogP contribution is 2.38. The molecule has 5 heteroatoms. The first kappa shape index (κ1) is 11.5. The Morgan fingerprint density at radius 1 is 1.56 bits per heavy atom. The Kier molecular flexibility index (Phi) is 3.23. The van der Waals surface area contributed by atoms with Crippen LogP contribution in [0.3, 0.4) is 0 Å². The molecule has 1 atom stereocenters. The molecule has 2 rings (SSSR count). The number of non-ortho nitro benzene ring substituents is 1. The van der Waals surface area contributed by atoms with Crippen molar-refractivity contribution in [1.29, 1.82) is 0 Å². The van der Waals surface area contributed by atoms with E-state index in [1.807, 2.05) is 0 Å². The Bertz CT molecular complexity index is 420. The van der Waals surface area contributed by atoms with Crippen molar-refractivity contribution in [2.45, 2.75) is 24.1 Å². The number of benzene rings is 1. The van der Waals surface area contributed by atoms with Gasteiger partial charge in [-0.2, -0.15) is 0 Å². The SMILES string of the molecule is O=[N+]([O-])c1ccc(CC(Br)C2CC2)c(F)c1. The normalized spacial score (nSPS) is 17.1. The molecular formula is C11H11BrFNO2. The minimum absolute atomic E-state index is 0.196. The summed E-state index contributed by atoms with van der Waals surface area (Å²) in [5.74, 6) is 0.147. The molecule has 0 N–H and O–H groups in total. The fourth-order valence-corrected chi connectivity index (χ4v) is 2.53. The first-order valence-electron chi connectivity index (χ1n) is 5.15. The lowest BCUT2D eigenvalue weighted by atomic mass is 10.1. The van der Waals surface area contributed by atoms with Crippen molar-refractivity contribution in [2.24, 2.45) is 5.92 Å². The average Bonchev–Trinajstić information content (AvgIpc) is 3.03. The number of halogens is 2. The second kappa shape index (κ2) is 4.49. The van der Waals surface area contributed by atoms with Crippen LogP contribution in [0.15, 0.2) is 18.2 Å². The van der Waals surface area contributed by atoms with Gasteiger partial charge in [-0.25, -0.2) is 4.39 Å². The Morgan fingerprint density at radius 3 is 2.75 bits per heavy atom. The van der Waals surface area contributed by atoms with E-state index >= 15 is 0 Å². The molecule has 0 amide bonds. The molecule has 16 heavy (non-hydrogen) atoms. The molecule has 1 fully saturated rings. The van der Waals surface area contributed by atoms with Gasteiger partial charge in [0.15, 0.2) is 0 Å². The van der Waals surface area contributed by atoms with E-state index in [9.17, 15) is 14.5 Å². The third-order valence-electron chi connectivity index (χ3n) is 2.80. The molecule has 0 aliphatic heterocycles. The molecule has 1 aromatic rings. The highest BCUT2D eigenvalue weighted by Gasteiger charge is 2.29. The van der Waals surface area contributed by atoms with E-state index in [1.165, 1.54) is 25.0 Å². The van der Waals surface area contributed by atoms with Gasteiger partial charge in [-0.3, -0.25) is 10.1 Å². The number of nitrogens with zero attached hydrogens (tertiary/aromatic N) is 1. The second-order valence-electron chi connectivity index (χ2n) is 4.09. The van der Waals surface area contributed by atoms with Crippen LogP contribution in [0.4, 0.5) is 10.1 Å². The summed E-state index contributed by atoms with van der Waals surface area (Å²) in [5.41, 5.74) is 0.346. The molecule has 1 aliphatic rings. The van der Waals surface area contributed by atoms with E-state index in [4.69, 9.17) is 0 Å². The Labute approximate surface area is 101 Å². The van der Waals surface area contributed by atoms with Gasteiger partial charge in [0.05, 0.1) is 11.0 Å². The molecule has 1 saturated carbocycles. The van der Waals surface area contributed by atoms with E-state index in [-0.39, 0.29) is 10.5 Å². The molecule has 0 saturated heterocycles. The van der Waals surface area contributed by atoms with Crippen molar-refractivity contribution < 1.29 is 9.31 Å². The van der Waals surface area contributed by atoms with Crippen molar-refractivity contribution >= 4 is 21.6 Å². The maximum atomic E-state index is 13.5. The van der Waals surface area contributed by atoms with Gasteiger partial charge in [-0.05, 0) is 36.8 Å². The van der Waals surface area contributed by atoms with Crippen LogP contribution in [-0.2, 0) is 6.42 Å². The van der Waals surface area contributed by atoms with Crippen LogP contribution in [0.1, 0.15) is 18.4 Å². The molecule has 1 aliphatic carbocycles. The third-order valence-corrected chi connectivity index (χ3v) is 3.87. The molecule has 1 unspecified atom stereocenters. The largest absolute Gasteiger partial charge is 0.272 e. The van der Waals surface area contributed by atoms with Crippen LogP contribution in [0.2, 0.25) is 0 Å². The zero-order valence-electron chi connectivity index (χ0n) is 8.53. The Hall–Kier alpha value is -0.970. The first-order chi connectivity index (χ1) is 7.58. The molecule has 0 spiro atoms. The van der Waals surface area contributed by atoms with Gasteiger partial charge < -0.3 is 0 Å². The molecule has 0 aromatic heterocycles. The highest BCUT2D eigenvalue weighted by molar-refractivity contribution is 9.09. The minimum atomic E-state index is -0.584. The van der Waals surface area contributed by atoms with E-state index < -0.39 is 10.7 Å². The van der Waals surface area contributed by atoms with Gasteiger partial charge in [-0.15, -0.1) is 0 Å². The molecule has 1 aromatic carbocycles. The van der Waals surface area contributed by atoms with Crippen molar-refractivity contribution in [3.63, 3.8) is 0 Å². The molecule has 0 radical (unpaired) electrons. The Balaban J connectivity index is 2.12. The van der Waals surface area contributed by atoms with Crippen LogP contribution < -0.4 is 0 Å². The van der Waals surface area contributed by atoms with Crippen LogP contribution in [0, 0.1) is 21.8 Å². The summed E-state index contributed by atoms with van der Waals surface area (Å²) >= 11 is 3.52. The van der Waals surface area contributed by atoms with Crippen molar-refractivity contribution in [3.05, 3.63) is 39.7 Å². The van der Waals surface area contributed by atoms with Gasteiger partial charge in [0.2, 0.25) is 0 Å². The van der Waals surface area contributed by atoms with Crippen molar-refractivity contribution in [3.8, 4) is 0 Å². The van der Waals surface area contributed by atoms with E-state index in [0.29, 0.717) is 17.9 Å². The van der Waals surface area contributed by atoms with Gasteiger partial charge >= 0.3 is 0 Å². The maximum absolute atomic E-state index is 13.5. The van der Waals surface area contributed by atoms with E-state index in [1.54, 1.807) is 0 Å². The quantitative estimate of drug-likeness (QED) is 0.484. The summed E-state index contributed by atoms with van der Waals surface area (Å²) in [5, 5.41) is 10.4. The third kappa shape index (κ3) is 2.58. The van der Waals surface area contributed by atoms with Crippen molar-refractivity contribution in [2.75, 3.05) is 0 Å².